The molecule has 4 heteroatoms. The van der Waals surface area contributed by atoms with Crippen LogP contribution in [0.5, 0.6) is 0 Å². The molecule has 2 aliphatic heterocycles. The van der Waals surface area contributed by atoms with Gasteiger partial charge in [0, 0.05) is 23.0 Å². The summed E-state index contributed by atoms with van der Waals surface area (Å²) in [7, 11) is 0. The summed E-state index contributed by atoms with van der Waals surface area (Å²) >= 11 is 0. The summed E-state index contributed by atoms with van der Waals surface area (Å²) in [4.78, 5) is 11.8. The molecule has 0 bridgehead atoms. The number of epoxide rings is 2. The molecule has 0 radical (unpaired) electrons. The topological polar surface area (TPSA) is 62.4 Å². The first kappa shape index (κ1) is 12.8. The highest BCUT2D eigenvalue weighted by Gasteiger charge is 2.94. The van der Waals surface area contributed by atoms with E-state index >= 15 is 0 Å². The molecular formula is C16H22O4. The SMILES string of the molecule is CC1(C)CC23OC2(O3)C(CC2CCCCC2)=C1C(=O)O. The van der Waals surface area contributed by atoms with Gasteiger partial charge in [-0.15, -0.1) is 0 Å². The molecule has 0 aromatic heterocycles. The van der Waals surface area contributed by atoms with E-state index in [0.717, 1.165) is 12.0 Å². The predicted octanol–water partition coefficient (Wildman–Crippen LogP) is 3.22. The molecule has 0 amide bonds. The molecular weight excluding hydrogens is 256 g/mol. The van der Waals surface area contributed by atoms with Crippen molar-refractivity contribution in [2.75, 3.05) is 0 Å². The summed E-state index contributed by atoms with van der Waals surface area (Å²) in [5.41, 5.74) is 1.12. The minimum absolute atomic E-state index is 0.369. The molecule has 0 unspecified atom stereocenters. The molecule has 4 aliphatic rings. The number of ether oxygens (including phenoxy) is 2. The minimum atomic E-state index is -0.796. The summed E-state index contributed by atoms with van der Waals surface area (Å²) in [6, 6.07) is 0. The van der Waals surface area contributed by atoms with E-state index in [0.29, 0.717) is 17.9 Å². The fourth-order valence-electron chi connectivity index (χ4n) is 4.54. The summed E-state index contributed by atoms with van der Waals surface area (Å²) in [5, 5.41) is 9.67. The first-order valence-corrected chi connectivity index (χ1v) is 7.78. The Labute approximate surface area is 119 Å². The minimum Gasteiger partial charge on any atom is -0.478 e. The standard InChI is InChI=1S/C16H22O4/c1-14(2)9-15-16(19-15,20-15)11(12(14)13(17)18)8-10-6-4-3-5-7-10/h10H,3-9H2,1-2H3,(H,17,18). The quantitative estimate of drug-likeness (QED) is 0.805. The van der Waals surface area contributed by atoms with Crippen molar-refractivity contribution in [1.29, 1.82) is 0 Å². The maximum Gasteiger partial charge on any atom is 0.332 e. The molecule has 4 nitrogen and oxygen atoms in total. The van der Waals surface area contributed by atoms with Crippen molar-refractivity contribution in [1.82, 2.24) is 0 Å². The highest BCUT2D eigenvalue weighted by molar-refractivity contribution is 5.90. The van der Waals surface area contributed by atoms with E-state index in [4.69, 9.17) is 9.47 Å². The van der Waals surface area contributed by atoms with Crippen molar-refractivity contribution in [2.45, 2.75) is 70.4 Å². The average Bonchev–Trinajstić information content (AvgIpc) is 3.14. The molecule has 3 fully saturated rings. The highest BCUT2D eigenvalue weighted by Crippen LogP contribution is 2.79. The van der Waals surface area contributed by atoms with Gasteiger partial charge in [-0.05, 0) is 12.3 Å². The van der Waals surface area contributed by atoms with Gasteiger partial charge in [-0.2, -0.15) is 0 Å². The first-order valence-electron chi connectivity index (χ1n) is 7.78. The third-order valence-corrected chi connectivity index (χ3v) is 5.52. The summed E-state index contributed by atoms with van der Waals surface area (Å²) < 4.78 is 11.5. The van der Waals surface area contributed by atoms with Crippen LogP contribution in [-0.4, -0.2) is 22.7 Å². The maximum absolute atomic E-state index is 11.8. The van der Waals surface area contributed by atoms with Crippen molar-refractivity contribution >= 4 is 5.97 Å². The molecule has 2 saturated heterocycles. The van der Waals surface area contributed by atoms with Crippen molar-refractivity contribution in [2.24, 2.45) is 11.3 Å². The van der Waals surface area contributed by atoms with Gasteiger partial charge in [0.05, 0.1) is 0 Å². The molecule has 0 atom stereocenters. The smallest absolute Gasteiger partial charge is 0.332 e. The Morgan fingerprint density at radius 1 is 1.25 bits per heavy atom. The lowest BCUT2D eigenvalue weighted by Gasteiger charge is -2.30. The van der Waals surface area contributed by atoms with Gasteiger partial charge in [0.25, 0.3) is 5.79 Å². The Bertz CT molecular complexity index is 505. The Morgan fingerprint density at radius 2 is 1.90 bits per heavy atom. The van der Waals surface area contributed by atoms with Crippen LogP contribution in [0.2, 0.25) is 0 Å². The number of hydrogen-bond acceptors (Lipinski definition) is 3. The predicted molar refractivity (Wildman–Crippen MR) is 71.9 cm³/mol. The summed E-state index contributed by atoms with van der Waals surface area (Å²) in [6.07, 6.45) is 7.77. The monoisotopic (exact) mass is 278 g/mol. The Kier molecular flexibility index (Phi) is 2.35. The van der Waals surface area contributed by atoms with Crippen LogP contribution in [0.1, 0.15) is 58.8 Å². The van der Waals surface area contributed by atoms with E-state index in [9.17, 15) is 9.90 Å². The largest absolute Gasteiger partial charge is 0.478 e. The van der Waals surface area contributed by atoms with Gasteiger partial charge in [-0.1, -0.05) is 46.0 Å². The Hall–Kier alpha value is -0.870. The molecule has 110 valence electrons. The molecule has 20 heavy (non-hydrogen) atoms. The van der Waals surface area contributed by atoms with Gasteiger partial charge in [0.15, 0.2) is 0 Å². The fourth-order valence-corrected chi connectivity index (χ4v) is 4.54. The molecule has 1 N–H and O–H groups in total. The van der Waals surface area contributed by atoms with Gasteiger partial charge in [-0.3, -0.25) is 0 Å². The number of carbonyl (C=O) groups is 1. The van der Waals surface area contributed by atoms with E-state index in [1.807, 2.05) is 13.8 Å². The maximum atomic E-state index is 11.8. The zero-order valence-corrected chi connectivity index (χ0v) is 12.2. The zero-order chi connectivity index (χ0) is 14.2. The van der Waals surface area contributed by atoms with Gasteiger partial charge < -0.3 is 14.6 Å². The fraction of sp³-hybridized carbons (Fsp3) is 0.812. The van der Waals surface area contributed by atoms with Crippen molar-refractivity contribution in [3.05, 3.63) is 11.1 Å². The normalized spacial score (nSPS) is 41.9. The third-order valence-electron chi connectivity index (χ3n) is 5.52. The van der Waals surface area contributed by atoms with Gasteiger partial charge >= 0.3 is 5.97 Å². The lowest BCUT2D eigenvalue weighted by molar-refractivity contribution is -0.134. The zero-order valence-electron chi connectivity index (χ0n) is 12.2. The number of rotatable bonds is 3. The Balaban J connectivity index is 1.70. The molecule has 0 spiro atoms. The molecule has 2 heterocycles. The number of carboxylic acids is 1. The van der Waals surface area contributed by atoms with Crippen LogP contribution >= 0.6 is 0 Å². The highest BCUT2D eigenvalue weighted by atomic mass is 17.0. The lowest BCUT2D eigenvalue weighted by Crippen LogP contribution is -2.31. The van der Waals surface area contributed by atoms with E-state index in [1.165, 1.54) is 32.1 Å². The molecule has 0 aromatic carbocycles. The third kappa shape index (κ3) is 1.52. The van der Waals surface area contributed by atoms with E-state index < -0.39 is 17.5 Å². The first-order chi connectivity index (χ1) is 9.40. The van der Waals surface area contributed by atoms with Gasteiger partial charge in [0.1, 0.15) is 0 Å². The van der Waals surface area contributed by atoms with Crippen LogP contribution in [0.4, 0.5) is 0 Å². The van der Waals surface area contributed by atoms with Crippen LogP contribution < -0.4 is 0 Å². The second kappa shape index (κ2) is 3.66. The second-order valence-corrected chi connectivity index (χ2v) is 7.50. The summed E-state index contributed by atoms with van der Waals surface area (Å²) in [5.74, 6) is -1.29. The summed E-state index contributed by atoms with van der Waals surface area (Å²) in [6.45, 7) is 4.00. The molecule has 0 aromatic rings. The van der Waals surface area contributed by atoms with Gasteiger partial charge in [0.2, 0.25) is 5.79 Å². The van der Waals surface area contributed by atoms with Crippen LogP contribution in [0, 0.1) is 11.3 Å². The van der Waals surface area contributed by atoms with Crippen LogP contribution in [-0.2, 0) is 14.3 Å². The van der Waals surface area contributed by atoms with Crippen molar-refractivity contribution < 1.29 is 19.4 Å². The van der Waals surface area contributed by atoms with Crippen LogP contribution in [0.3, 0.4) is 0 Å². The number of hydrogen-bond donors (Lipinski definition) is 1. The molecule has 1 saturated carbocycles. The van der Waals surface area contributed by atoms with Crippen LogP contribution in [0.15, 0.2) is 11.1 Å². The molecule has 4 rings (SSSR count). The van der Waals surface area contributed by atoms with Crippen molar-refractivity contribution in [3.63, 3.8) is 0 Å². The van der Waals surface area contributed by atoms with E-state index in [2.05, 4.69) is 0 Å². The second-order valence-electron chi connectivity index (χ2n) is 7.50. The van der Waals surface area contributed by atoms with E-state index in [-0.39, 0.29) is 5.41 Å². The van der Waals surface area contributed by atoms with Crippen LogP contribution in [0.25, 0.3) is 0 Å². The number of carboxylic acid groups (broad SMARTS) is 1. The lowest BCUT2D eigenvalue weighted by atomic mass is 9.70. The average molecular weight is 278 g/mol. The van der Waals surface area contributed by atoms with Gasteiger partial charge in [-0.25, -0.2) is 4.79 Å². The Morgan fingerprint density at radius 3 is 2.50 bits per heavy atom. The van der Waals surface area contributed by atoms with E-state index in [1.54, 1.807) is 0 Å². The molecule has 2 aliphatic carbocycles. The van der Waals surface area contributed by atoms with Crippen molar-refractivity contribution in [3.8, 4) is 0 Å². The number of aliphatic carboxylic acids is 1.